The van der Waals surface area contributed by atoms with E-state index in [1.807, 2.05) is 0 Å². The number of ketones is 3. The highest BCUT2D eigenvalue weighted by atomic mass is 35.5. The molecule has 0 saturated heterocycles. The van der Waals surface area contributed by atoms with Crippen molar-refractivity contribution >= 4 is 35.0 Å². The Morgan fingerprint density at radius 2 is 2.15 bits per heavy atom. The zero-order chi connectivity index (χ0) is 14.9. The van der Waals surface area contributed by atoms with E-state index in [2.05, 4.69) is 0 Å². The van der Waals surface area contributed by atoms with Gasteiger partial charge < -0.3 is 4.42 Å². The van der Waals surface area contributed by atoms with Crippen LogP contribution in [0.1, 0.15) is 26.0 Å². The van der Waals surface area contributed by atoms with Gasteiger partial charge in [0.25, 0.3) is 0 Å². The molecule has 0 amide bonds. The van der Waals surface area contributed by atoms with Crippen LogP contribution in [0, 0.1) is 11.3 Å². The minimum Gasteiger partial charge on any atom is -0.465 e. The Morgan fingerprint density at radius 1 is 1.45 bits per heavy atom. The minimum atomic E-state index is -1.28. The number of allylic oxidation sites excluding steroid dienone is 1. The summed E-state index contributed by atoms with van der Waals surface area (Å²) in [5.74, 6) is -2.22. The molecule has 1 fully saturated rings. The number of furan rings is 1. The summed E-state index contributed by atoms with van der Waals surface area (Å²) < 4.78 is 5.04. The third-order valence-electron chi connectivity index (χ3n) is 3.41. The second kappa shape index (κ2) is 5.37. The monoisotopic (exact) mass is 294 g/mol. The van der Waals surface area contributed by atoms with Crippen molar-refractivity contribution in [1.82, 2.24) is 0 Å². The Bertz CT molecular complexity index is 569. The Balaban J connectivity index is 2.17. The lowest BCUT2D eigenvalue weighted by Gasteiger charge is -2.35. The highest BCUT2D eigenvalue weighted by molar-refractivity contribution is 6.39. The summed E-state index contributed by atoms with van der Waals surface area (Å²) >= 11 is 6.07. The number of Topliss-reactive ketones (excluding diaryl/α,β-unsaturated/α-hetero) is 2. The molecule has 0 N–H and O–H groups in total. The summed E-state index contributed by atoms with van der Waals surface area (Å²) in [5.41, 5.74) is -0.614. The van der Waals surface area contributed by atoms with E-state index in [0.717, 1.165) is 0 Å². The average molecular weight is 295 g/mol. The molecule has 106 valence electrons. The first kappa shape index (κ1) is 14.7. The molecule has 1 aromatic rings. The van der Waals surface area contributed by atoms with Crippen LogP contribution < -0.4 is 0 Å². The maximum Gasteiger partial charge on any atom is 0.173 e. The minimum absolute atomic E-state index is 0.123. The molecule has 1 aromatic heterocycles. The quantitative estimate of drug-likeness (QED) is 0.488. The summed E-state index contributed by atoms with van der Waals surface area (Å²) in [6.45, 7) is 3.50. The average Bonchev–Trinajstić information content (AvgIpc) is 2.86. The van der Waals surface area contributed by atoms with Crippen LogP contribution in [0.4, 0.5) is 0 Å². The van der Waals surface area contributed by atoms with E-state index in [1.165, 1.54) is 18.4 Å². The summed E-state index contributed by atoms with van der Waals surface area (Å²) in [6, 6.07) is 3.35. The first-order valence-electron chi connectivity index (χ1n) is 6.29. The number of hydrogen-bond donors (Lipinski definition) is 0. The van der Waals surface area contributed by atoms with Gasteiger partial charge in [-0.3, -0.25) is 14.4 Å². The second-order valence-corrected chi connectivity index (χ2v) is 6.02. The summed E-state index contributed by atoms with van der Waals surface area (Å²) in [6.07, 6.45) is 4.23. The molecule has 4 nitrogen and oxygen atoms in total. The van der Waals surface area contributed by atoms with Gasteiger partial charge in [-0.25, -0.2) is 0 Å². The third kappa shape index (κ3) is 2.75. The van der Waals surface area contributed by atoms with Crippen LogP contribution >= 0.6 is 11.6 Å². The predicted molar refractivity (Wildman–Crippen MR) is 74.3 cm³/mol. The molecule has 0 aliphatic heterocycles. The topological polar surface area (TPSA) is 64.3 Å². The zero-order valence-electron chi connectivity index (χ0n) is 11.3. The van der Waals surface area contributed by atoms with E-state index < -0.39 is 28.3 Å². The molecule has 0 radical (unpaired) electrons. The van der Waals surface area contributed by atoms with Crippen LogP contribution in [-0.2, 0) is 14.4 Å². The van der Waals surface area contributed by atoms with Gasteiger partial charge in [0.1, 0.15) is 11.7 Å². The number of hydrogen-bond acceptors (Lipinski definition) is 4. The van der Waals surface area contributed by atoms with E-state index in [9.17, 15) is 14.4 Å². The number of carbonyl (C=O) groups is 3. The highest BCUT2D eigenvalue weighted by Crippen LogP contribution is 2.38. The van der Waals surface area contributed by atoms with Crippen LogP contribution in [0.25, 0.3) is 6.08 Å². The normalized spacial score (nSPS) is 26.1. The van der Waals surface area contributed by atoms with Crippen LogP contribution in [-0.4, -0.2) is 22.7 Å². The van der Waals surface area contributed by atoms with Gasteiger partial charge in [-0.1, -0.05) is 13.8 Å². The van der Waals surface area contributed by atoms with Gasteiger partial charge in [0.15, 0.2) is 17.3 Å². The highest BCUT2D eigenvalue weighted by Gasteiger charge is 2.48. The molecule has 2 rings (SSSR count). The molecule has 2 atom stereocenters. The fraction of sp³-hybridized carbons (Fsp3) is 0.400. The summed E-state index contributed by atoms with van der Waals surface area (Å²) in [7, 11) is 0. The molecule has 20 heavy (non-hydrogen) atoms. The largest absolute Gasteiger partial charge is 0.465 e. The number of rotatable bonds is 3. The van der Waals surface area contributed by atoms with E-state index >= 15 is 0 Å². The summed E-state index contributed by atoms with van der Waals surface area (Å²) in [5, 5.41) is -0.828. The Labute approximate surface area is 121 Å². The molecule has 0 aromatic carbocycles. The van der Waals surface area contributed by atoms with E-state index in [4.69, 9.17) is 16.0 Å². The van der Waals surface area contributed by atoms with E-state index in [0.29, 0.717) is 5.76 Å². The molecule has 0 unspecified atom stereocenters. The van der Waals surface area contributed by atoms with Crippen molar-refractivity contribution in [2.75, 3.05) is 0 Å². The van der Waals surface area contributed by atoms with Gasteiger partial charge in [0.05, 0.1) is 11.6 Å². The standard InChI is InChI=1S/C15H15ClO4/c1-15(2)8-11(18)12(13(19)14(15)16)10(17)6-5-9-4-3-7-20-9/h3-7,12,14H,8H2,1-2H3/b6-5+/t12-,14-/m1/s1. The maximum atomic E-state index is 12.1. The van der Waals surface area contributed by atoms with Crippen LogP contribution in [0.15, 0.2) is 28.9 Å². The van der Waals surface area contributed by atoms with Crippen molar-refractivity contribution in [1.29, 1.82) is 0 Å². The molecular formula is C15H15ClO4. The molecular weight excluding hydrogens is 280 g/mol. The Morgan fingerprint density at radius 3 is 2.75 bits per heavy atom. The van der Waals surface area contributed by atoms with Gasteiger partial charge in [-0.2, -0.15) is 0 Å². The molecule has 5 heteroatoms. The predicted octanol–water partition coefficient (Wildman–Crippen LogP) is 2.65. The van der Waals surface area contributed by atoms with Gasteiger partial charge in [0, 0.05) is 6.42 Å². The zero-order valence-corrected chi connectivity index (χ0v) is 12.0. The first-order chi connectivity index (χ1) is 9.33. The molecule has 1 saturated carbocycles. The lowest BCUT2D eigenvalue weighted by molar-refractivity contribution is -0.143. The van der Waals surface area contributed by atoms with Gasteiger partial charge in [-0.15, -0.1) is 11.6 Å². The Kier molecular flexibility index (Phi) is 3.95. The smallest absolute Gasteiger partial charge is 0.173 e. The van der Waals surface area contributed by atoms with Crippen molar-refractivity contribution in [2.45, 2.75) is 25.6 Å². The van der Waals surface area contributed by atoms with E-state index in [-0.39, 0.29) is 12.2 Å². The maximum absolute atomic E-state index is 12.1. The van der Waals surface area contributed by atoms with Gasteiger partial charge in [0.2, 0.25) is 0 Å². The molecule has 0 bridgehead atoms. The van der Waals surface area contributed by atoms with Gasteiger partial charge in [-0.05, 0) is 29.7 Å². The van der Waals surface area contributed by atoms with Crippen molar-refractivity contribution in [2.24, 2.45) is 11.3 Å². The van der Waals surface area contributed by atoms with Crippen molar-refractivity contribution in [3.05, 3.63) is 30.2 Å². The van der Waals surface area contributed by atoms with Gasteiger partial charge >= 0.3 is 0 Å². The van der Waals surface area contributed by atoms with Crippen molar-refractivity contribution in [3.8, 4) is 0 Å². The second-order valence-electron chi connectivity index (χ2n) is 5.58. The first-order valence-corrected chi connectivity index (χ1v) is 6.72. The molecule has 0 spiro atoms. The Hall–Kier alpha value is -1.68. The number of carbonyl (C=O) groups excluding carboxylic acids is 3. The van der Waals surface area contributed by atoms with Crippen LogP contribution in [0.3, 0.4) is 0 Å². The third-order valence-corrected chi connectivity index (χ3v) is 4.22. The molecule has 1 aliphatic rings. The van der Waals surface area contributed by atoms with Crippen molar-refractivity contribution in [3.63, 3.8) is 0 Å². The number of halogens is 1. The molecule has 1 heterocycles. The fourth-order valence-corrected chi connectivity index (χ4v) is 2.48. The summed E-state index contributed by atoms with van der Waals surface area (Å²) in [4.78, 5) is 36.2. The number of alkyl halides is 1. The van der Waals surface area contributed by atoms with Crippen LogP contribution in [0.5, 0.6) is 0 Å². The lowest BCUT2D eigenvalue weighted by atomic mass is 9.70. The molecule has 1 aliphatic carbocycles. The lowest BCUT2D eigenvalue weighted by Crippen LogP contribution is -2.49. The fourth-order valence-electron chi connectivity index (χ4n) is 2.28. The van der Waals surface area contributed by atoms with Crippen LogP contribution in [0.2, 0.25) is 0 Å². The van der Waals surface area contributed by atoms with E-state index in [1.54, 1.807) is 26.0 Å². The SMILES string of the molecule is CC1(C)CC(=O)[C@@H](C(=O)/C=C/c2ccco2)C(=O)[C@H]1Cl. The van der Waals surface area contributed by atoms with Crippen molar-refractivity contribution < 1.29 is 18.8 Å².